The van der Waals surface area contributed by atoms with Crippen molar-refractivity contribution in [1.82, 2.24) is 4.90 Å². The lowest BCUT2D eigenvalue weighted by Crippen LogP contribution is -2.22. The van der Waals surface area contributed by atoms with E-state index in [-0.39, 0.29) is 18.1 Å². The van der Waals surface area contributed by atoms with E-state index in [0.29, 0.717) is 0 Å². The highest BCUT2D eigenvalue weighted by Gasteiger charge is 2.47. The first kappa shape index (κ1) is 12.5. The van der Waals surface area contributed by atoms with Gasteiger partial charge in [0.05, 0.1) is 0 Å². The van der Waals surface area contributed by atoms with Gasteiger partial charge < -0.3 is 9.64 Å². The van der Waals surface area contributed by atoms with Crippen LogP contribution in [0, 0.1) is 0 Å². The third-order valence-corrected chi connectivity index (χ3v) is 4.32. The highest BCUT2D eigenvalue weighted by Crippen LogP contribution is 2.50. The molecule has 3 nitrogen and oxygen atoms in total. The van der Waals surface area contributed by atoms with Gasteiger partial charge in [-0.25, -0.2) is 4.99 Å². The van der Waals surface area contributed by atoms with Crippen LogP contribution in [0.5, 0.6) is 0 Å². The Kier molecular flexibility index (Phi) is 2.74. The normalized spacial score (nSPS) is 25.8. The van der Waals surface area contributed by atoms with Gasteiger partial charge in [-0.1, -0.05) is 54.6 Å². The quantitative estimate of drug-likeness (QED) is 0.800. The Balaban J connectivity index is 1.84. The first-order chi connectivity index (χ1) is 10.3. The molecule has 3 atom stereocenters. The van der Waals surface area contributed by atoms with Crippen LogP contribution in [0.25, 0.3) is 0 Å². The molecule has 1 aliphatic heterocycles. The van der Waals surface area contributed by atoms with Crippen molar-refractivity contribution in [3.63, 3.8) is 0 Å². The standard InChI is InChI=1S/C18H18N2O/c1-20(2)18-19-16-15(12-8-4-3-5-9-12)13-10-6-7-11-14(13)17(16)21-18/h3-11,15-17H,1-2H3. The molecule has 3 heteroatoms. The molecule has 2 aromatic carbocycles. The van der Waals surface area contributed by atoms with Crippen LogP contribution in [-0.2, 0) is 4.74 Å². The third kappa shape index (κ3) is 1.84. The molecule has 0 saturated heterocycles. The summed E-state index contributed by atoms with van der Waals surface area (Å²) in [6.07, 6.45) is 0.0452. The summed E-state index contributed by atoms with van der Waals surface area (Å²) in [5, 5.41) is 0. The van der Waals surface area contributed by atoms with Gasteiger partial charge in [-0.3, -0.25) is 0 Å². The van der Waals surface area contributed by atoms with Crippen LogP contribution in [0.1, 0.15) is 28.7 Å². The molecule has 0 bridgehead atoms. The topological polar surface area (TPSA) is 24.8 Å². The maximum absolute atomic E-state index is 6.10. The number of hydrogen-bond donors (Lipinski definition) is 0. The summed E-state index contributed by atoms with van der Waals surface area (Å²) < 4.78 is 6.10. The minimum atomic E-state index is 0.0452. The molecule has 0 amide bonds. The third-order valence-electron chi connectivity index (χ3n) is 4.32. The average molecular weight is 278 g/mol. The van der Waals surface area contributed by atoms with E-state index in [1.165, 1.54) is 16.7 Å². The summed E-state index contributed by atoms with van der Waals surface area (Å²) >= 11 is 0. The zero-order chi connectivity index (χ0) is 14.4. The molecule has 0 saturated carbocycles. The Bertz CT molecular complexity index is 693. The lowest BCUT2D eigenvalue weighted by atomic mass is 9.90. The smallest absolute Gasteiger partial charge is 0.287 e. The zero-order valence-corrected chi connectivity index (χ0v) is 12.2. The molecule has 0 radical (unpaired) electrons. The molecule has 106 valence electrons. The number of fused-ring (bicyclic) bond motifs is 3. The Morgan fingerprint density at radius 2 is 1.57 bits per heavy atom. The van der Waals surface area contributed by atoms with Crippen molar-refractivity contribution in [2.24, 2.45) is 4.99 Å². The van der Waals surface area contributed by atoms with Crippen LogP contribution in [0.2, 0.25) is 0 Å². The molecule has 0 spiro atoms. The summed E-state index contributed by atoms with van der Waals surface area (Å²) in [6.45, 7) is 0. The molecular formula is C18H18N2O. The van der Waals surface area contributed by atoms with Crippen molar-refractivity contribution in [2.45, 2.75) is 18.1 Å². The van der Waals surface area contributed by atoms with Crippen LogP contribution < -0.4 is 0 Å². The van der Waals surface area contributed by atoms with Crippen molar-refractivity contribution in [2.75, 3.05) is 14.1 Å². The minimum absolute atomic E-state index is 0.0452. The molecule has 1 aliphatic carbocycles. The van der Waals surface area contributed by atoms with Crippen LogP contribution in [-0.4, -0.2) is 31.1 Å². The Morgan fingerprint density at radius 3 is 2.29 bits per heavy atom. The lowest BCUT2D eigenvalue weighted by Gasteiger charge is -2.16. The van der Waals surface area contributed by atoms with E-state index in [4.69, 9.17) is 9.73 Å². The Labute approximate surface area is 124 Å². The Hall–Kier alpha value is -2.29. The van der Waals surface area contributed by atoms with Crippen molar-refractivity contribution < 1.29 is 4.74 Å². The van der Waals surface area contributed by atoms with Crippen molar-refractivity contribution >= 4 is 6.02 Å². The fourth-order valence-electron chi connectivity index (χ4n) is 3.40. The first-order valence-corrected chi connectivity index (χ1v) is 7.31. The van der Waals surface area contributed by atoms with E-state index < -0.39 is 0 Å². The highest BCUT2D eigenvalue weighted by atomic mass is 16.5. The van der Waals surface area contributed by atoms with Crippen molar-refractivity contribution in [1.29, 1.82) is 0 Å². The number of benzene rings is 2. The van der Waals surface area contributed by atoms with Crippen LogP contribution in [0.3, 0.4) is 0 Å². The molecule has 3 unspecified atom stereocenters. The highest BCUT2D eigenvalue weighted by molar-refractivity contribution is 5.76. The van der Waals surface area contributed by atoms with Gasteiger partial charge in [-0.15, -0.1) is 0 Å². The molecule has 2 aromatic rings. The van der Waals surface area contributed by atoms with Crippen LogP contribution in [0.4, 0.5) is 0 Å². The number of hydrogen-bond acceptors (Lipinski definition) is 3. The molecule has 4 rings (SSSR count). The summed E-state index contributed by atoms with van der Waals surface area (Å²) in [5.74, 6) is 0.282. The van der Waals surface area contributed by atoms with Gasteiger partial charge in [-0.2, -0.15) is 0 Å². The molecule has 2 aliphatic rings. The predicted molar refractivity (Wildman–Crippen MR) is 83.5 cm³/mol. The van der Waals surface area contributed by atoms with E-state index in [0.717, 1.165) is 6.02 Å². The van der Waals surface area contributed by atoms with E-state index in [1.54, 1.807) is 0 Å². The maximum Gasteiger partial charge on any atom is 0.287 e. The van der Waals surface area contributed by atoms with E-state index in [9.17, 15) is 0 Å². The fraction of sp³-hybridized carbons (Fsp3) is 0.278. The molecule has 0 fully saturated rings. The van der Waals surface area contributed by atoms with Gasteiger partial charge in [0, 0.05) is 20.0 Å². The monoisotopic (exact) mass is 278 g/mol. The van der Waals surface area contributed by atoms with Gasteiger partial charge in [0.15, 0.2) is 6.10 Å². The Morgan fingerprint density at radius 1 is 0.905 bits per heavy atom. The average Bonchev–Trinajstić information content (AvgIpc) is 3.05. The van der Waals surface area contributed by atoms with Crippen molar-refractivity contribution in [3.05, 3.63) is 71.3 Å². The maximum atomic E-state index is 6.10. The van der Waals surface area contributed by atoms with Crippen molar-refractivity contribution in [3.8, 4) is 0 Å². The second kappa shape index (κ2) is 4.62. The second-order valence-electron chi connectivity index (χ2n) is 5.85. The largest absolute Gasteiger partial charge is 0.455 e. The van der Waals surface area contributed by atoms with Gasteiger partial charge in [-0.05, 0) is 16.7 Å². The van der Waals surface area contributed by atoms with E-state index >= 15 is 0 Å². The second-order valence-corrected chi connectivity index (χ2v) is 5.85. The summed E-state index contributed by atoms with van der Waals surface area (Å²) in [7, 11) is 3.95. The number of rotatable bonds is 1. The van der Waals surface area contributed by atoms with Crippen LogP contribution >= 0.6 is 0 Å². The van der Waals surface area contributed by atoms with E-state index in [1.807, 2.05) is 19.0 Å². The summed E-state index contributed by atoms with van der Waals surface area (Å²) in [6, 6.07) is 20.1. The van der Waals surface area contributed by atoms with E-state index in [2.05, 4.69) is 54.6 Å². The van der Waals surface area contributed by atoms with Gasteiger partial charge in [0.2, 0.25) is 0 Å². The van der Waals surface area contributed by atoms with Crippen LogP contribution in [0.15, 0.2) is 59.6 Å². The van der Waals surface area contributed by atoms with Gasteiger partial charge in [0.25, 0.3) is 6.02 Å². The van der Waals surface area contributed by atoms with Gasteiger partial charge >= 0.3 is 0 Å². The predicted octanol–water partition coefficient (Wildman–Crippen LogP) is 3.19. The SMILES string of the molecule is CN(C)C1=NC2C(O1)c1ccccc1C2c1ccccc1. The number of aliphatic imine (C=N–C) groups is 1. The molecule has 21 heavy (non-hydrogen) atoms. The molecular weight excluding hydrogens is 260 g/mol. The molecule has 0 aromatic heterocycles. The first-order valence-electron chi connectivity index (χ1n) is 7.31. The summed E-state index contributed by atoms with van der Waals surface area (Å²) in [4.78, 5) is 6.79. The fourth-order valence-corrected chi connectivity index (χ4v) is 3.40. The number of ether oxygens (including phenoxy) is 1. The molecule has 0 N–H and O–H groups in total. The lowest BCUT2D eigenvalue weighted by molar-refractivity contribution is 0.180. The number of amidine groups is 1. The summed E-state index contributed by atoms with van der Waals surface area (Å²) in [5.41, 5.74) is 3.93. The van der Waals surface area contributed by atoms with Gasteiger partial charge in [0.1, 0.15) is 6.04 Å². The number of nitrogens with zero attached hydrogens (tertiary/aromatic N) is 2. The minimum Gasteiger partial charge on any atom is -0.455 e. The zero-order valence-electron chi connectivity index (χ0n) is 12.2. The molecule has 1 heterocycles.